The van der Waals surface area contributed by atoms with Crippen molar-refractivity contribution in [2.75, 3.05) is 0 Å². The first-order valence-corrected chi connectivity index (χ1v) is 5.36. The van der Waals surface area contributed by atoms with Crippen LogP contribution in [0.15, 0.2) is 37.2 Å². The highest BCUT2D eigenvalue weighted by atomic mass is 16.4. The van der Waals surface area contributed by atoms with Gasteiger partial charge in [-0.3, -0.25) is 0 Å². The summed E-state index contributed by atoms with van der Waals surface area (Å²) in [5.41, 5.74) is 1.37. The van der Waals surface area contributed by atoms with Crippen molar-refractivity contribution in [2.45, 2.75) is 0 Å². The highest BCUT2D eigenvalue weighted by molar-refractivity contribution is 5.85. The van der Waals surface area contributed by atoms with Crippen LogP contribution in [0.1, 0.15) is 11.4 Å². The summed E-state index contributed by atoms with van der Waals surface area (Å²) in [4.78, 5) is 32.8. The predicted octanol–water partition coefficient (Wildman–Crippen LogP) is 1.02. The van der Waals surface area contributed by atoms with Crippen LogP contribution in [0.3, 0.4) is 0 Å². The highest BCUT2D eigenvalue weighted by Crippen LogP contribution is 1.93. The Bertz CT molecular complexity index is 531. The summed E-state index contributed by atoms with van der Waals surface area (Å²) >= 11 is 0. The van der Waals surface area contributed by atoms with Gasteiger partial charge < -0.3 is 20.2 Å². The summed E-state index contributed by atoms with van der Waals surface area (Å²) in [6.45, 7) is 0. The summed E-state index contributed by atoms with van der Waals surface area (Å²) in [5, 5.41) is 16.4. The molecule has 4 N–H and O–H groups in total. The van der Waals surface area contributed by atoms with Crippen molar-refractivity contribution in [3.63, 3.8) is 0 Å². The van der Waals surface area contributed by atoms with Crippen molar-refractivity contribution in [1.82, 2.24) is 19.9 Å². The number of nitrogens with zero attached hydrogens (tertiary/aromatic N) is 2. The van der Waals surface area contributed by atoms with Gasteiger partial charge >= 0.3 is 11.9 Å². The molecule has 0 saturated heterocycles. The molecule has 0 spiro atoms. The van der Waals surface area contributed by atoms with E-state index in [-0.39, 0.29) is 0 Å². The van der Waals surface area contributed by atoms with E-state index in [4.69, 9.17) is 10.2 Å². The number of hydrogen-bond acceptors (Lipinski definition) is 4. The molecular formula is C12H12N4O4. The lowest BCUT2D eigenvalue weighted by Crippen LogP contribution is -1.85. The van der Waals surface area contributed by atoms with Gasteiger partial charge in [-0.15, -0.1) is 0 Å². The van der Waals surface area contributed by atoms with Crippen molar-refractivity contribution in [2.24, 2.45) is 0 Å². The van der Waals surface area contributed by atoms with Gasteiger partial charge in [0.1, 0.15) is 0 Å². The highest BCUT2D eigenvalue weighted by Gasteiger charge is 1.88. The molecule has 0 aliphatic rings. The molecule has 0 amide bonds. The van der Waals surface area contributed by atoms with Crippen molar-refractivity contribution in [3.8, 4) is 0 Å². The number of hydrogen-bond donors (Lipinski definition) is 4. The fourth-order valence-electron chi connectivity index (χ4n) is 1.04. The maximum atomic E-state index is 9.97. The Morgan fingerprint density at radius 1 is 0.900 bits per heavy atom. The largest absolute Gasteiger partial charge is 0.478 e. The number of nitrogens with one attached hydrogen (secondary N) is 2. The van der Waals surface area contributed by atoms with E-state index in [1.807, 2.05) is 0 Å². The summed E-state index contributed by atoms with van der Waals surface area (Å²) in [5.74, 6) is -1.93. The number of rotatable bonds is 4. The second kappa shape index (κ2) is 8.03. The second-order valence-electron chi connectivity index (χ2n) is 3.36. The average molecular weight is 276 g/mol. The standard InChI is InChI=1S/2C6H6N2O2/c2*9-6(10)2-1-5-3-7-4-8-5/h2*1-4H,(H,7,8)(H,9,10)/b2-1+;2-1-. The minimum atomic E-state index is -0.963. The molecule has 0 fully saturated rings. The molecule has 0 radical (unpaired) electrons. The number of aliphatic carboxylic acids is 2. The molecule has 0 aliphatic carbocycles. The van der Waals surface area contributed by atoms with Crippen LogP contribution < -0.4 is 0 Å². The molecule has 8 nitrogen and oxygen atoms in total. The summed E-state index contributed by atoms with van der Waals surface area (Å²) in [7, 11) is 0. The van der Waals surface area contributed by atoms with Crippen LogP contribution in [0.2, 0.25) is 0 Å². The molecule has 0 bridgehead atoms. The molecule has 0 saturated carbocycles. The zero-order chi connectivity index (χ0) is 14.8. The van der Waals surface area contributed by atoms with Gasteiger partial charge in [0.25, 0.3) is 0 Å². The minimum absolute atomic E-state index is 0.683. The SMILES string of the molecule is O=C(O)/C=C/c1cnc[nH]1.O=C(O)/C=C\c1cnc[nH]1. The Hall–Kier alpha value is -3.16. The number of carboxylic acids is 2. The number of imidazole rings is 2. The van der Waals surface area contributed by atoms with E-state index >= 15 is 0 Å². The van der Waals surface area contributed by atoms with E-state index in [2.05, 4.69) is 19.9 Å². The van der Waals surface area contributed by atoms with Gasteiger partial charge in [-0.1, -0.05) is 0 Å². The number of aromatic amines is 2. The Labute approximate surface area is 113 Å². The van der Waals surface area contributed by atoms with Crippen LogP contribution in [-0.2, 0) is 9.59 Å². The van der Waals surface area contributed by atoms with Gasteiger partial charge in [0.2, 0.25) is 0 Å². The second-order valence-corrected chi connectivity index (χ2v) is 3.36. The Kier molecular flexibility index (Phi) is 5.98. The third kappa shape index (κ3) is 6.55. The molecule has 2 aromatic heterocycles. The molecule has 104 valence electrons. The predicted molar refractivity (Wildman–Crippen MR) is 70.5 cm³/mol. The van der Waals surface area contributed by atoms with Gasteiger partial charge in [-0.05, 0) is 12.2 Å². The van der Waals surface area contributed by atoms with E-state index in [9.17, 15) is 9.59 Å². The fraction of sp³-hybridized carbons (Fsp3) is 0. The van der Waals surface area contributed by atoms with E-state index in [0.29, 0.717) is 11.4 Å². The third-order valence-electron chi connectivity index (χ3n) is 1.85. The summed E-state index contributed by atoms with van der Waals surface area (Å²) in [6, 6.07) is 0. The molecule has 0 unspecified atom stereocenters. The zero-order valence-electron chi connectivity index (χ0n) is 10.2. The smallest absolute Gasteiger partial charge is 0.328 e. The quantitative estimate of drug-likeness (QED) is 0.616. The van der Waals surface area contributed by atoms with Crippen molar-refractivity contribution < 1.29 is 19.8 Å². The molecular weight excluding hydrogens is 264 g/mol. The third-order valence-corrected chi connectivity index (χ3v) is 1.85. The lowest BCUT2D eigenvalue weighted by molar-refractivity contribution is -0.132. The average Bonchev–Trinajstić information content (AvgIpc) is 3.08. The van der Waals surface area contributed by atoms with Crippen LogP contribution >= 0.6 is 0 Å². The normalized spacial score (nSPS) is 10.4. The van der Waals surface area contributed by atoms with Gasteiger partial charge in [0, 0.05) is 12.2 Å². The molecule has 2 aromatic rings. The van der Waals surface area contributed by atoms with Gasteiger partial charge in [0.05, 0.1) is 36.4 Å². The number of carboxylic acid groups (broad SMARTS) is 2. The van der Waals surface area contributed by atoms with Gasteiger partial charge in [-0.25, -0.2) is 19.6 Å². The first-order valence-electron chi connectivity index (χ1n) is 5.36. The van der Waals surface area contributed by atoms with E-state index < -0.39 is 11.9 Å². The molecule has 2 rings (SSSR count). The zero-order valence-corrected chi connectivity index (χ0v) is 10.2. The summed E-state index contributed by atoms with van der Waals surface area (Å²) < 4.78 is 0. The molecule has 20 heavy (non-hydrogen) atoms. The molecule has 2 heterocycles. The number of aromatic nitrogens is 4. The van der Waals surface area contributed by atoms with E-state index in [0.717, 1.165) is 12.2 Å². The van der Waals surface area contributed by atoms with Crippen LogP contribution in [0.5, 0.6) is 0 Å². The minimum Gasteiger partial charge on any atom is -0.478 e. The monoisotopic (exact) mass is 276 g/mol. The van der Waals surface area contributed by atoms with Crippen molar-refractivity contribution in [3.05, 3.63) is 48.6 Å². The van der Waals surface area contributed by atoms with Gasteiger partial charge in [-0.2, -0.15) is 0 Å². The van der Waals surface area contributed by atoms with Crippen LogP contribution in [0, 0.1) is 0 Å². The lowest BCUT2D eigenvalue weighted by Gasteiger charge is -1.79. The molecule has 8 heteroatoms. The fourth-order valence-corrected chi connectivity index (χ4v) is 1.04. The topological polar surface area (TPSA) is 132 Å². The molecule has 0 atom stereocenters. The molecule has 0 aromatic carbocycles. The Balaban J connectivity index is 0.000000200. The van der Waals surface area contributed by atoms with Crippen LogP contribution in [-0.4, -0.2) is 42.1 Å². The Morgan fingerprint density at radius 2 is 1.30 bits per heavy atom. The van der Waals surface area contributed by atoms with Crippen LogP contribution in [0.25, 0.3) is 12.2 Å². The van der Waals surface area contributed by atoms with Crippen molar-refractivity contribution in [1.29, 1.82) is 0 Å². The van der Waals surface area contributed by atoms with E-state index in [1.54, 1.807) is 12.4 Å². The first-order chi connectivity index (χ1) is 9.58. The first kappa shape index (κ1) is 14.9. The maximum absolute atomic E-state index is 9.97. The number of carbonyl (C=O) groups is 2. The lowest BCUT2D eigenvalue weighted by atomic mass is 10.4. The maximum Gasteiger partial charge on any atom is 0.328 e. The van der Waals surface area contributed by atoms with Crippen LogP contribution in [0.4, 0.5) is 0 Å². The summed E-state index contributed by atoms with van der Waals surface area (Å²) in [6.07, 6.45) is 11.0. The van der Waals surface area contributed by atoms with Gasteiger partial charge in [0.15, 0.2) is 0 Å². The molecule has 0 aliphatic heterocycles. The Morgan fingerprint density at radius 3 is 1.55 bits per heavy atom. The van der Waals surface area contributed by atoms with E-state index in [1.165, 1.54) is 24.8 Å². The van der Waals surface area contributed by atoms with Crippen molar-refractivity contribution >= 4 is 24.1 Å². The number of H-pyrrole nitrogens is 2.